The van der Waals surface area contributed by atoms with Crippen LogP contribution in [0.25, 0.3) is 22.1 Å². The van der Waals surface area contributed by atoms with Gasteiger partial charge in [-0.3, -0.25) is 0 Å². The summed E-state index contributed by atoms with van der Waals surface area (Å²) in [4.78, 5) is 19.8. The van der Waals surface area contributed by atoms with Gasteiger partial charge < -0.3 is 28.8 Å². The fraction of sp³-hybridized carbons (Fsp3) is 0.257. The van der Waals surface area contributed by atoms with Gasteiger partial charge in [0.25, 0.3) is 0 Å². The van der Waals surface area contributed by atoms with Crippen molar-refractivity contribution >= 4 is 45.1 Å². The number of nitrogens with one attached hydrogen (secondary N) is 1. The first kappa shape index (κ1) is 30.9. The van der Waals surface area contributed by atoms with Gasteiger partial charge in [0.2, 0.25) is 12.2 Å². The van der Waals surface area contributed by atoms with Crippen LogP contribution in [-0.4, -0.2) is 48.3 Å². The molecule has 4 aromatic heterocycles. The van der Waals surface area contributed by atoms with Gasteiger partial charge in [-0.25, -0.2) is 19.9 Å². The summed E-state index contributed by atoms with van der Waals surface area (Å²) in [6.45, 7) is 4.08. The van der Waals surface area contributed by atoms with Gasteiger partial charge in [0.05, 0.1) is 36.1 Å². The molecule has 4 heterocycles. The average Bonchev–Trinajstić information content (AvgIpc) is 3.67. The Bertz CT molecular complexity index is 2160. The van der Waals surface area contributed by atoms with E-state index < -0.39 is 12.2 Å². The minimum absolute atomic E-state index is 0.460. The molecule has 0 spiro atoms. The van der Waals surface area contributed by atoms with Crippen molar-refractivity contribution in [3.63, 3.8) is 0 Å². The van der Waals surface area contributed by atoms with Crippen LogP contribution in [0.5, 0.6) is 11.5 Å². The van der Waals surface area contributed by atoms with Crippen molar-refractivity contribution in [2.75, 3.05) is 17.3 Å². The lowest BCUT2D eigenvalue weighted by Crippen LogP contribution is -2.34. The van der Waals surface area contributed by atoms with Crippen LogP contribution in [0.3, 0.4) is 0 Å². The highest BCUT2D eigenvalue weighted by Crippen LogP contribution is 2.32. The highest BCUT2D eigenvalue weighted by molar-refractivity contribution is 5.80. The fourth-order valence-corrected chi connectivity index (χ4v) is 5.47. The molecule has 0 saturated heterocycles. The third-order valence-electron chi connectivity index (χ3n) is 8.12. The lowest BCUT2D eigenvalue weighted by atomic mass is 10.1. The van der Waals surface area contributed by atoms with Crippen molar-refractivity contribution in [3.8, 4) is 23.6 Å². The first-order valence-corrected chi connectivity index (χ1v) is 15.2. The molecule has 2 atom stereocenters. The van der Waals surface area contributed by atoms with Crippen molar-refractivity contribution in [2.45, 2.75) is 38.9 Å². The topological polar surface area (TPSA) is 143 Å². The molecular weight excluding hydrogens is 592 g/mol. The Labute approximate surface area is 272 Å². The molecule has 0 radical (unpaired) electrons. The maximum Gasteiger partial charge on any atom is 0.234 e. The molecule has 6 rings (SSSR count). The molecule has 0 saturated carbocycles. The second-order valence-electron chi connectivity index (χ2n) is 11.1. The number of imidazole rings is 2. The van der Waals surface area contributed by atoms with Gasteiger partial charge in [0.15, 0.2) is 0 Å². The van der Waals surface area contributed by atoms with Gasteiger partial charge in [-0.2, -0.15) is 10.5 Å². The molecule has 6 aromatic rings. The number of hydrogen-bond acceptors (Lipinski definition) is 10. The molecule has 0 amide bonds. The van der Waals surface area contributed by atoms with Gasteiger partial charge in [0, 0.05) is 44.7 Å². The van der Waals surface area contributed by atoms with Crippen molar-refractivity contribution < 1.29 is 9.47 Å². The molecule has 0 bridgehead atoms. The van der Waals surface area contributed by atoms with Crippen LogP contribution < -0.4 is 19.7 Å². The molecule has 12 heteroatoms. The highest BCUT2D eigenvalue weighted by atomic mass is 16.5. The molecule has 47 heavy (non-hydrogen) atoms. The van der Waals surface area contributed by atoms with Crippen LogP contribution in [0.1, 0.15) is 25.0 Å². The van der Waals surface area contributed by atoms with Crippen LogP contribution in [0, 0.1) is 22.7 Å². The Morgan fingerprint density at radius 1 is 0.766 bits per heavy atom. The van der Waals surface area contributed by atoms with Crippen molar-refractivity contribution in [1.29, 1.82) is 10.5 Å². The number of hydrogen-bond donors (Lipinski definition) is 1. The smallest absolute Gasteiger partial charge is 0.234 e. The largest absolute Gasteiger partial charge is 0.470 e. The first-order valence-electron chi connectivity index (χ1n) is 15.2. The zero-order valence-corrected chi connectivity index (χ0v) is 26.8. The minimum Gasteiger partial charge on any atom is -0.470 e. The number of ether oxygens (including phenoxy) is 2. The summed E-state index contributed by atoms with van der Waals surface area (Å²) in [7, 11) is 5.84. The number of aryl methyl sites for hydroxylation is 4. The molecule has 2 unspecified atom stereocenters. The summed E-state index contributed by atoms with van der Waals surface area (Å²) in [5.74, 6) is 2.39. The molecule has 1 N–H and O–H groups in total. The van der Waals surface area contributed by atoms with E-state index >= 15 is 0 Å². The Kier molecular flexibility index (Phi) is 8.58. The zero-order valence-electron chi connectivity index (χ0n) is 26.8. The van der Waals surface area contributed by atoms with E-state index in [9.17, 15) is 10.5 Å². The molecule has 236 valence electrons. The second kappa shape index (κ2) is 13.1. The molecule has 0 fully saturated rings. The second-order valence-corrected chi connectivity index (χ2v) is 11.1. The van der Waals surface area contributed by atoms with Crippen LogP contribution in [0.15, 0.2) is 73.6 Å². The zero-order chi connectivity index (χ0) is 33.1. The van der Waals surface area contributed by atoms with Crippen LogP contribution in [0.2, 0.25) is 0 Å². The summed E-state index contributed by atoms with van der Waals surface area (Å²) in [6.07, 6.45) is 6.10. The molecule has 0 aliphatic heterocycles. The summed E-state index contributed by atoms with van der Waals surface area (Å²) in [5.41, 5.74) is 7.37. The fourth-order valence-electron chi connectivity index (χ4n) is 5.47. The van der Waals surface area contributed by atoms with Gasteiger partial charge in [-0.15, -0.1) is 0 Å². The highest BCUT2D eigenvalue weighted by Gasteiger charge is 2.26. The molecular formula is C35H34N10O2. The maximum absolute atomic E-state index is 10.0. The molecule has 12 nitrogen and oxygen atoms in total. The SMILES string of the molecule is CCc1cc(OC(C#N)C(C#N)Oc2ccc(N(C)c3cc4c(cn3)ncn4C)c(CC)c2)ccc1Nc1cc2c(cn1)ncn2C. The van der Waals surface area contributed by atoms with Crippen molar-refractivity contribution in [2.24, 2.45) is 14.1 Å². The number of anilines is 4. The monoisotopic (exact) mass is 626 g/mol. The van der Waals surface area contributed by atoms with E-state index in [1.807, 2.05) is 85.4 Å². The Morgan fingerprint density at radius 3 is 1.96 bits per heavy atom. The van der Waals surface area contributed by atoms with E-state index in [4.69, 9.17) is 9.47 Å². The van der Waals surface area contributed by atoms with Gasteiger partial charge in [-0.05, 0) is 60.4 Å². The van der Waals surface area contributed by atoms with Gasteiger partial charge >= 0.3 is 0 Å². The Balaban J connectivity index is 1.17. The van der Waals surface area contributed by atoms with E-state index in [0.717, 1.165) is 50.4 Å². The third-order valence-corrected chi connectivity index (χ3v) is 8.12. The van der Waals surface area contributed by atoms with Crippen LogP contribution in [0.4, 0.5) is 23.0 Å². The predicted octanol–water partition coefficient (Wildman–Crippen LogP) is 6.13. The molecule has 0 aliphatic carbocycles. The van der Waals surface area contributed by atoms with E-state index in [1.54, 1.807) is 37.2 Å². The minimum atomic E-state index is -1.17. The van der Waals surface area contributed by atoms with Gasteiger partial charge in [-0.1, -0.05) is 13.8 Å². The average molecular weight is 627 g/mol. The summed E-state index contributed by atoms with van der Waals surface area (Å²) in [5, 5.41) is 23.4. The quantitative estimate of drug-likeness (QED) is 0.178. The predicted molar refractivity (Wildman–Crippen MR) is 180 cm³/mol. The van der Waals surface area contributed by atoms with Crippen LogP contribution >= 0.6 is 0 Å². The lowest BCUT2D eigenvalue weighted by Gasteiger charge is -2.23. The molecule has 0 aliphatic rings. The lowest BCUT2D eigenvalue weighted by molar-refractivity contribution is 0.124. The number of nitriles is 2. The Morgan fingerprint density at radius 2 is 1.34 bits per heavy atom. The van der Waals surface area contributed by atoms with E-state index in [1.165, 1.54) is 0 Å². The van der Waals surface area contributed by atoms with E-state index in [-0.39, 0.29) is 0 Å². The number of fused-ring (bicyclic) bond motifs is 2. The summed E-state index contributed by atoms with van der Waals surface area (Å²) >= 11 is 0. The third kappa shape index (κ3) is 6.22. The number of pyridine rings is 2. The van der Waals surface area contributed by atoms with Crippen molar-refractivity contribution in [3.05, 3.63) is 84.7 Å². The van der Waals surface area contributed by atoms with E-state index in [2.05, 4.69) is 37.4 Å². The summed E-state index contributed by atoms with van der Waals surface area (Å²) < 4.78 is 16.0. The number of benzene rings is 2. The van der Waals surface area contributed by atoms with E-state index in [0.29, 0.717) is 30.2 Å². The number of aromatic nitrogens is 6. The number of rotatable bonds is 11. The molecule has 2 aromatic carbocycles. The first-order chi connectivity index (χ1) is 22.8. The standard InChI is InChI=1S/C35H34N10O2/c1-6-22-12-24(8-10-26(22)42-34-14-30-27(18-38-34)40-20-43(30)3)46-32(16-36)33(17-37)47-25-9-11-29(23(7-2)13-25)45(5)35-15-31-28(19-39-35)41-21-44(31)4/h8-15,18-21,32-33H,6-7H2,1-5H3,(H,38,42). The summed E-state index contributed by atoms with van der Waals surface area (Å²) in [6, 6.07) is 19.3. The maximum atomic E-state index is 10.0. The van der Waals surface area contributed by atoms with Gasteiger partial charge in [0.1, 0.15) is 46.3 Å². The normalized spacial score (nSPS) is 12.3. The van der Waals surface area contributed by atoms with Crippen molar-refractivity contribution in [1.82, 2.24) is 29.1 Å². The van der Waals surface area contributed by atoms with Crippen LogP contribution in [-0.2, 0) is 26.9 Å². The Hall–Kier alpha value is -6.14. The number of nitrogens with zero attached hydrogens (tertiary/aromatic N) is 9.